The molecule has 620 valence electrons. The Morgan fingerprint density at radius 3 is 1.00 bits per heavy atom. The molecule has 0 spiro atoms. The van der Waals surface area contributed by atoms with Gasteiger partial charge in [-0.25, -0.2) is 0 Å². The number of carbonyl (C=O) groups excluding carboxylic acids is 4. The number of hydrogen-bond acceptors (Lipinski definition) is 17. The number of aliphatic hydroxyl groups is 3. The van der Waals surface area contributed by atoms with E-state index in [-0.39, 0.29) is 60.9 Å². The maximum Gasteiger partial charge on any atom is 0.220 e. The molecular weight excluding hydrogens is 1330 g/mol. The van der Waals surface area contributed by atoms with Crippen molar-refractivity contribution in [2.45, 2.75) is 399 Å². The second-order valence-electron chi connectivity index (χ2n) is 30.7. The monoisotopic (exact) mass is 1500 g/mol. The van der Waals surface area contributed by atoms with Crippen LogP contribution in [0, 0.1) is 11.8 Å². The Kier molecular flexibility index (Phi) is 63.9. The fraction of sp³-hybridized carbons (Fsp3) is 0.952. The van der Waals surface area contributed by atoms with Crippen molar-refractivity contribution in [3.63, 3.8) is 0 Å². The average molecular weight is 1500 g/mol. The third-order valence-electron chi connectivity index (χ3n) is 21.2. The average Bonchev–Trinajstić information content (AvgIpc) is 0.819. The Morgan fingerprint density at radius 2 is 0.676 bits per heavy atom. The van der Waals surface area contributed by atoms with Crippen LogP contribution in [0.2, 0.25) is 0 Å². The highest BCUT2D eigenvalue weighted by atomic mass is 16.7. The summed E-state index contributed by atoms with van der Waals surface area (Å²) >= 11 is 0. The van der Waals surface area contributed by atoms with Crippen molar-refractivity contribution >= 4 is 23.6 Å². The van der Waals surface area contributed by atoms with Crippen LogP contribution in [0.5, 0.6) is 0 Å². The fourth-order valence-electron chi connectivity index (χ4n) is 14.6. The molecule has 2 saturated heterocycles. The first-order valence-corrected chi connectivity index (χ1v) is 43.5. The highest BCUT2D eigenvalue weighted by Crippen LogP contribution is 2.31. The van der Waals surface area contributed by atoms with E-state index in [1.54, 1.807) is 0 Å². The maximum absolute atomic E-state index is 12.8. The van der Waals surface area contributed by atoms with Gasteiger partial charge in [0.2, 0.25) is 23.6 Å². The molecule has 2 heterocycles. The minimum atomic E-state index is -1.10. The molecule has 2 rings (SSSR count). The van der Waals surface area contributed by atoms with Crippen molar-refractivity contribution in [1.82, 2.24) is 26.2 Å². The quantitative estimate of drug-likeness (QED) is 0.0220. The molecule has 2 fully saturated rings. The van der Waals surface area contributed by atoms with E-state index in [4.69, 9.17) is 42.6 Å². The van der Waals surface area contributed by atoms with Crippen LogP contribution < -0.4 is 21.3 Å². The number of amides is 4. The molecule has 0 bridgehead atoms. The van der Waals surface area contributed by atoms with Crippen LogP contribution in [0.25, 0.3) is 0 Å². The summed E-state index contributed by atoms with van der Waals surface area (Å²) < 4.78 is 53.3. The summed E-state index contributed by atoms with van der Waals surface area (Å²) in [5.41, 5.74) is 0. The van der Waals surface area contributed by atoms with Gasteiger partial charge in [0, 0.05) is 71.0 Å². The first kappa shape index (κ1) is 98.4. The Morgan fingerprint density at radius 1 is 0.381 bits per heavy atom. The van der Waals surface area contributed by atoms with Gasteiger partial charge < -0.3 is 84.1 Å². The first-order chi connectivity index (χ1) is 51.1. The zero-order chi connectivity index (χ0) is 76.5. The molecule has 0 radical (unpaired) electrons. The van der Waals surface area contributed by atoms with Gasteiger partial charge in [-0.15, -0.1) is 0 Å². The fourth-order valence-corrected chi connectivity index (χ4v) is 14.6. The zero-order valence-electron chi connectivity index (χ0n) is 68.5. The topological polar surface area (TPSA) is 263 Å². The summed E-state index contributed by atoms with van der Waals surface area (Å²) in [6.45, 7) is 22.4. The number of ether oxygens (including phenoxy) is 9. The molecule has 10 unspecified atom stereocenters. The van der Waals surface area contributed by atoms with Gasteiger partial charge in [0.1, 0.15) is 12.1 Å². The molecule has 0 aromatic rings. The van der Waals surface area contributed by atoms with Gasteiger partial charge in [-0.2, -0.15) is 0 Å². The lowest BCUT2D eigenvalue weighted by Crippen LogP contribution is -2.61. The number of rotatable bonds is 75. The molecule has 7 N–H and O–H groups in total. The van der Waals surface area contributed by atoms with Gasteiger partial charge in [0.25, 0.3) is 0 Å². The van der Waals surface area contributed by atoms with E-state index >= 15 is 0 Å². The predicted octanol–water partition coefficient (Wildman–Crippen LogP) is 15.4. The van der Waals surface area contributed by atoms with Crippen molar-refractivity contribution in [2.75, 3.05) is 105 Å². The maximum atomic E-state index is 12.8. The van der Waals surface area contributed by atoms with E-state index in [1.165, 1.54) is 194 Å². The number of hydrogen-bond donors (Lipinski definition) is 7. The SMILES string of the molecule is CCCCCCCCCCCCCCCCCCC(O)(CCCCCCCCCCCCCCCCCC)OCCCN(CCCCCC(=O)NCCOCCOCCOC1OC(CC)C(C)C(O)C1NC(C)=O)CCCCCC(=O)NCCOCCOCCOC1OC(CC)C(C)C(O)C1NC(C)=O. The number of aliphatic hydroxyl groups excluding tert-OH is 2. The van der Waals surface area contributed by atoms with Crippen LogP contribution >= 0.6 is 0 Å². The van der Waals surface area contributed by atoms with Crippen molar-refractivity contribution in [1.29, 1.82) is 0 Å². The number of nitrogens with zero attached hydrogens (tertiary/aromatic N) is 1. The summed E-state index contributed by atoms with van der Waals surface area (Å²) in [4.78, 5) is 51.8. The molecule has 10 atom stereocenters. The lowest BCUT2D eigenvalue weighted by atomic mass is 9.88. The summed E-state index contributed by atoms with van der Waals surface area (Å²) in [7, 11) is 0. The molecule has 2 aliphatic heterocycles. The van der Waals surface area contributed by atoms with Gasteiger partial charge in [0.15, 0.2) is 18.4 Å². The van der Waals surface area contributed by atoms with Gasteiger partial charge >= 0.3 is 0 Å². The minimum absolute atomic E-state index is 0.00820. The van der Waals surface area contributed by atoms with Gasteiger partial charge in [-0.05, 0) is 70.9 Å². The van der Waals surface area contributed by atoms with Crippen LogP contribution in [-0.2, 0) is 61.8 Å². The smallest absolute Gasteiger partial charge is 0.220 e. The van der Waals surface area contributed by atoms with Crippen molar-refractivity contribution < 1.29 is 77.1 Å². The predicted molar refractivity (Wildman–Crippen MR) is 422 cm³/mol. The van der Waals surface area contributed by atoms with Gasteiger partial charge in [0.05, 0.1) is 97.1 Å². The number of unbranched alkanes of at least 4 members (excludes halogenated alkanes) is 34. The molecule has 0 aliphatic carbocycles. The minimum Gasteiger partial charge on any atom is -0.390 e. The van der Waals surface area contributed by atoms with E-state index in [0.717, 1.165) is 90.3 Å². The highest BCUT2D eigenvalue weighted by Gasteiger charge is 2.45. The van der Waals surface area contributed by atoms with Crippen LogP contribution in [0.1, 0.15) is 344 Å². The Hall–Kier alpha value is -2.64. The van der Waals surface area contributed by atoms with E-state index in [0.29, 0.717) is 111 Å². The Labute approximate surface area is 640 Å². The molecule has 21 heteroatoms. The van der Waals surface area contributed by atoms with Crippen LogP contribution in [0.4, 0.5) is 0 Å². The molecule has 21 nitrogen and oxygen atoms in total. The zero-order valence-corrected chi connectivity index (χ0v) is 68.5. The summed E-state index contributed by atoms with van der Waals surface area (Å²) in [5, 5.41) is 45.3. The molecule has 0 aromatic heterocycles. The summed E-state index contributed by atoms with van der Waals surface area (Å²) in [6.07, 6.45) is 48.6. The Balaban J connectivity index is 1.84. The standard InChI is InChI=1S/C84H163N5O16/c1-9-13-15-17-19-21-23-25-27-29-31-33-35-37-39-45-52-84(96,53-46-40-38-36-34-32-30-28-26-24-22-20-18-16-14-10-2)103-59-49-58-89(56-47-41-43-50-76(92)85-54-60-97-62-64-99-66-68-101-82-78(87-72(7)90)80(94)70(5)74(11-3)104-82)57-48-42-44-51-77(93)86-55-61-98-63-65-100-67-69-102-83-79(88-73(8)91)81(95)71(6)75(12-4)105-83/h70-71,74-75,78-83,94-96H,9-69H2,1-8H3,(H,85,92)(H,86,93)(H,87,90)(H,88,91). The summed E-state index contributed by atoms with van der Waals surface area (Å²) in [6, 6.07) is -1.33. The molecular formula is C84H163N5O16. The third-order valence-corrected chi connectivity index (χ3v) is 21.2. The number of carbonyl (C=O) groups is 4. The summed E-state index contributed by atoms with van der Waals surface area (Å²) in [5.74, 6) is -1.89. The second-order valence-corrected chi connectivity index (χ2v) is 30.7. The molecule has 0 aromatic carbocycles. The van der Waals surface area contributed by atoms with Crippen LogP contribution in [-0.4, -0.2) is 204 Å². The van der Waals surface area contributed by atoms with E-state index in [1.807, 2.05) is 27.7 Å². The van der Waals surface area contributed by atoms with Crippen LogP contribution in [0.3, 0.4) is 0 Å². The lowest BCUT2D eigenvalue weighted by molar-refractivity contribution is -0.252. The number of nitrogens with one attached hydrogen (secondary N) is 4. The normalized spacial score (nSPS) is 20.6. The van der Waals surface area contributed by atoms with Crippen LogP contribution in [0.15, 0.2) is 0 Å². The molecule has 105 heavy (non-hydrogen) atoms. The lowest BCUT2D eigenvalue weighted by Gasteiger charge is -2.43. The van der Waals surface area contributed by atoms with Crippen molar-refractivity contribution in [3.8, 4) is 0 Å². The van der Waals surface area contributed by atoms with Gasteiger partial charge in [-0.3, -0.25) is 19.2 Å². The highest BCUT2D eigenvalue weighted by molar-refractivity contribution is 5.76. The molecule has 0 saturated carbocycles. The third kappa shape index (κ3) is 53.0. The molecule has 2 aliphatic rings. The first-order valence-electron chi connectivity index (χ1n) is 43.5. The van der Waals surface area contributed by atoms with Crippen molar-refractivity contribution in [3.05, 3.63) is 0 Å². The molecule has 4 amide bonds. The van der Waals surface area contributed by atoms with Crippen molar-refractivity contribution in [2.24, 2.45) is 11.8 Å². The van der Waals surface area contributed by atoms with E-state index in [9.17, 15) is 34.5 Å². The van der Waals surface area contributed by atoms with E-state index < -0.39 is 42.7 Å². The van der Waals surface area contributed by atoms with E-state index in [2.05, 4.69) is 40.0 Å². The van der Waals surface area contributed by atoms with Gasteiger partial charge in [-0.1, -0.05) is 247 Å². The Bertz CT molecular complexity index is 1890. The second kappa shape index (κ2) is 68.2. The largest absolute Gasteiger partial charge is 0.390 e.